The first-order chi connectivity index (χ1) is 12.3. The highest BCUT2D eigenvalue weighted by atomic mass is 16.2. The zero-order valence-electron chi connectivity index (χ0n) is 14.7. The van der Waals surface area contributed by atoms with Gasteiger partial charge in [0.25, 0.3) is 0 Å². The van der Waals surface area contributed by atoms with Crippen LogP contribution >= 0.6 is 0 Å². The maximum atomic E-state index is 12.7. The highest BCUT2D eigenvalue weighted by Crippen LogP contribution is 2.42. The number of rotatable bonds is 4. The van der Waals surface area contributed by atoms with Crippen LogP contribution in [0.4, 0.5) is 0 Å². The van der Waals surface area contributed by atoms with Crippen LogP contribution in [-0.2, 0) is 4.79 Å². The van der Waals surface area contributed by atoms with Gasteiger partial charge in [0.15, 0.2) is 0 Å². The molecule has 4 rings (SSSR count). The third kappa shape index (κ3) is 3.20. The lowest BCUT2D eigenvalue weighted by Crippen LogP contribution is -2.49. The van der Waals surface area contributed by atoms with E-state index in [-0.39, 0.29) is 11.9 Å². The van der Waals surface area contributed by atoms with Crippen molar-refractivity contribution in [3.05, 3.63) is 59.7 Å². The van der Waals surface area contributed by atoms with Gasteiger partial charge in [-0.15, -0.1) is 0 Å². The normalized spacial score (nSPS) is 18.0. The van der Waals surface area contributed by atoms with Crippen molar-refractivity contribution in [1.29, 1.82) is 0 Å². The molecular weight excluding hydrogens is 310 g/mol. The number of hydrogen-bond acceptors (Lipinski definition) is 3. The molecule has 2 aliphatic rings. The first-order valence-electron chi connectivity index (χ1n) is 9.18. The standard InChI is InChI=1S/C21H25N3O/c1-2-23-11-13-24(14-12-23)15-20(25)22-21-18-9-5-3-7-16(18)17-8-4-6-10-19(17)21/h3-10,21H,2,11-15H2,1H3,(H,22,25). The van der Waals surface area contributed by atoms with Crippen LogP contribution in [0, 0.1) is 0 Å². The number of fused-ring (bicyclic) bond motifs is 3. The Hall–Kier alpha value is -2.17. The molecule has 0 bridgehead atoms. The summed E-state index contributed by atoms with van der Waals surface area (Å²) in [6.07, 6.45) is 0. The molecule has 1 aliphatic heterocycles. The second kappa shape index (κ2) is 6.98. The molecule has 25 heavy (non-hydrogen) atoms. The van der Waals surface area contributed by atoms with Crippen LogP contribution in [0.3, 0.4) is 0 Å². The molecule has 4 nitrogen and oxygen atoms in total. The first-order valence-corrected chi connectivity index (χ1v) is 9.18. The molecule has 4 heteroatoms. The minimum Gasteiger partial charge on any atom is -0.344 e. The molecule has 130 valence electrons. The molecule has 1 fully saturated rings. The molecule has 0 atom stereocenters. The number of hydrogen-bond donors (Lipinski definition) is 1. The molecule has 1 N–H and O–H groups in total. The average molecular weight is 335 g/mol. The third-order valence-corrected chi connectivity index (χ3v) is 5.42. The first kappa shape index (κ1) is 16.3. The number of likely N-dealkylation sites (N-methyl/N-ethyl adjacent to an activating group) is 1. The van der Waals surface area contributed by atoms with Gasteiger partial charge >= 0.3 is 0 Å². The Kier molecular flexibility index (Phi) is 4.55. The predicted octanol–water partition coefficient (Wildman–Crippen LogP) is 2.51. The van der Waals surface area contributed by atoms with Crippen molar-refractivity contribution in [2.45, 2.75) is 13.0 Å². The van der Waals surface area contributed by atoms with Crippen LogP contribution in [0.2, 0.25) is 0 Å². The Bertz CT molecular complexity index is 720. The number of carbonyl (C=O) groups is 1. The van der Waals surface area contributed by atoms with E-state index in [1.165, 1.54) is 22.3 Å². The fourth-order valence-electron chi connectivity index (χ4n) is 3.98. The van der Waals surface area contributed by atoms with Crippen molar-refractivity contribution in [1.82, 2.24) is 15.1 Å². The molecule has 0 spiro atoms. The van der Waals surface area contributed by atoms with Crippen molar-refractivity contribution >= 4 is 5.91 Å². The van der Waals surface area contributed by atoms with Gasteiger partial charge in [0.05, 0.1) is 12.6 Å². The Balaban J connectivity index is 1.47. The monoisotopic (exact) mass is 335 g/mol. The zero-order valence-corrected chi connectivity index (χ0v) is 14.7. The van der Waals surface area contributed by atoms with E-state index in [0.29, 0.717) is 6.54 Å². The Morgan fingerprint density at radius 1 is 0.920 bits per heavy atom. The molecule has 1 amide bonds. The van der Waals surface area contributed by atoms with E-state index in [1.54, 1.807) is 0 Å². The van der Waals surface area contributed by atoms with E-state index in [2.05, 4.69) is 58.4 Å². The molecule has 0 unspecified atom stereocenters. The van der Waals surface area contributed by atoms with Gasteiger partial charge in [0.2, 0.25) is 5.91 Å². The van der Waals surface area contributed by atoms with Crippen molar-refractivity contribution in [3.8, 4) is 11.1 Å². The lowest BCUT2D eigenvalue weighted by atomic mass is 10.1. The number of benzene rings is 2. The second-order valence-corrected chi connectivity index (χ2v) is 6.89. The van der Waals surface area contributed by atoms with Gasteiger partial charge in [-0.3, -0.25) is 9.69 Å². The Labute approximate surface area is 149 Å². The predicted molar refractivity (Wildman–Crippen MR) is 100 cm³/mol. The van der Waals surface area contributed by atoms with E-state index < -0.39 is 0 Å². The van der Waals surface area contributed by atoms with Crippen LogP contribution < -0.4 is 5.32 Å². The molecule has 1 heterocycles. The maximum absolute atomic E-state index is 12.7. The number of amides is 1. The number of nitrogens with one attached hydrogen (secondary N) is 1. The molecule has 0 aromatic heterocycles. The summed E-state index contributed by atoms with van der Waals surface area (Å²) in [4.78, 5) is 17.4. The summed E-state index contributed by atoms with van der Waals surface area (Å²) in [5.74, 6) is 0.112. The highest BCUT2D eigenvalue weighted by Gasteiger charge is 2.29. The molecular formula is C21H25N3O. The fraction of sp³-hybridized carbons (Fsp3) is 0.381. The van der Waals surface area contributed by atoms with Gasteiger partial charge < -0.3 is 10.2 Å². The SMILES string of the molecule is CCN1CCN(CC(=O)NC2c3ccccc3-c3ccccc32)CC1. The summed E-state index contributed by atoms with van der Waals surface area (Å²) in [7, 11) is 0. The number of nitrogens with zero attached hydrogens (tertiary/aromatic N) is 2. The Morgan fingerprint density at radius 2 is 1.44 bits per heavy atom. The third-order valence-electron chi connectivity index (χ3n) is 5.42. The van der Waals surface area contributed by atoms with Crippen LogP contribution in [0.5, 0.6) is 0 Å². The summed E-state index contributed by atoms with van der Waals surface area (Å²) < 4.78 is 0. The zero-order chi connectivity index (χ0) is 17.2. The van der Waals surface area contributed by atoms with Crippen molar-refractivity contribution in [2.75, 3.05) is 39.3 Å². The average Bonchev–Trinajstić information content (AvgIpc) is 2.97. The summed E-state index contributed by atoms with van der Waals surface area (Å²) in [6.45, 7) is 7.82. The van der Waals surface area contributed by atoms with Crippen molar-refractivity contribution in [2.24, 2.45) is 0 Å². The number of piperazine rings is 1. The van der Waals surface area contributed by atoms with Gasteiger partial charge in [0, 0.05) is 26.2 Å². The summed E-state index contributed by atoms with van der Waals surface area (Å²) in [5.41, 5.74) is 4.88. The van der Waals surface area contributed by atoms with Crippen LogP contribution in [0.25, 0.3) is 11.1 Å². The highest BCUT2D eigenvalue weighted by molar-refractivity contribution is 5.84. The molecule has 0 radical (unpaired) electrons. The minimum atomic E-state index is -0.0307. The quantitative estimate of drug-likeness (QED) is 0.932. The largest absolute Gasteiger partial charge is 0.344 e. The maximum Gasteiger partial charge on any atom is 0.234 e. The van der Waals surface area contributed by atoms with Gasteiger partial charge in [0.1, 0.15) is 0 Å². The topological polar surface area (TPSA) is 35.6 Å². The Morgan fingerprint density at radius 3 is 2.00 bits per heavy atom. The second-order valence-electron chi connectivity index (χ2n) is 6.89. The summed E-state index contributed by atoms with van der Waals surface area (Å²) in [6, 6.07) is 16.7. The van der Waals surface area contributed by atoms with E-state index >= 15 is 0 Å². The molecule has 1 saturated heterocycles. The van der Waals surface area contributed by atoms with E-state index in [9.17, 15) is 4.79 Å². The molecule has 2 aromatic carbocycles. The fourth-order valence-corrected chi connectivity index (χ4v) is 3.98. The van der Waals surface area contributed by atoms with E-state index in [0.717, 1.165) is 32.7 Å². The molecule has 1 aliphatic carbocycles. The van der Waals surface area contributed by atoms with Gasteiger partial charge in [-0.2, -0.15) is 0 Å². The van der Waals surface area contributed by atoms with Crippen LogP contribution in [0.15, 0.2) is 48.5 Å². The van der Waals surface area contributed by atoms with Gasteiger partial charge in [-0.1, -0.05) is 55.5 Å². The molecule has 2 aromatic rings. The smallest absolute Gasteiger partial charge is 0.234 e. The minimum absolute atomic E-state index is 0.0307. The van der Waals surface area contributed by atoms with Crippen LogP contribution in [0.1, 0.15) is 24.1 Å². The lowest BCUT2D eigenvalue weighted by molar-refractivity contribution is -0.123. The van der Waals surface area contributed by atoms with E-state index in [4.69, 9.17) is 0 Å². The van der Waals surface area contributed by atoms with E-state index in [1.807, 2.05) is 12.1 Å². The van der Waals surface area contributed by atoms with Gasteiger partial charge in [-0.05, 0) is 28.8 Å². The summed E-state index contributed by atoms with van der Waals surface area (Å²) in [5, 5.41) is 3.27. The van der Waals surface area contributed by atoms with Crippen LogP contribution in [-0.4, -0.2) is 55.0 Å². The summed E-state index contributed by atoms with van der Waals surface area (Å²) >= 11 is 0. The lowest BCUT2D eigenvalue weighted by Gasteiger charge is -2.33. The molecule has 0 saturated carbocycles. The van der Waals surface area contributed by atoms with Crippen molar-refractivity contribution < 1.29 is 4.79 Å². The number of carbonyl (C=O) groups excluding carboxylic acids is 1. The van der Waals surface area contributed by atoms with Crippen molar-refractivity contribution in [3.63, 3.8) is 0 Å². The van der Waals surface area contributed by atoms with Gasteiger partial charge in [-0.25, -0.2) is 0 Å².